The topological polar surface area (TPSA) is 46.3 Å². The zero-order valence-corrected chi connectivity index (χ0v) is 7.58. The SMILES string of the molecule is Cc1ccc(N)c(N2CCC2=O)c1. The summed E-state index contributed by atoms with van der Waals surface area (Å²) in [6.45, 7) is 2.79. The number of benzene rings is 1. The molecule has 1 aromatic carbocycles. The number of amides is 1. The van der Waals surface area contributed by atoms with Crippen LogP contribution in [-0.2, 0) is 4.79 Å². The molecule has 1 aromatic rings. The van der Waals surface area contributed by atoms with Gasteiger partial charge in [0.2, 0.25) is 5.91 Å². The zero-order chi connectivity index (χ0) is 9.42. The van der Waals surface area contributed by atoms with Crippen LogP contribution in [-0.4, -0.2) is 12.5 Å². The number of nitrogens with two attached hydrogens (primary N) is 1. The van der Waals surface area contributed by atoms with Gasteiger partial charge in [0, 0.05) is 13.0 Å². The number of rotatable bonds is 1. The Morgan fingerprint density at radius 1 is 1.46 bits per heavy atom. The quantitative estimate of drug-likeness (QED) is 0.518. The average Bonchev–Trinajstić information content (AvgIpc) is 2.09. The molecule has 1 amide bonds. The first kappa shape index (κ1) is 8.10. The van der Waals surface area contributed by atoms with Crippen molar-refractivity contribution in [3.63, 3.8) is 0 Å². The monoisotopic (exact) mass is 176 g/mol. The van der Waals surface area contributed by atoms with Gasteiger partial charge >= 0.3 is 0 Å². The van der Waals surface area contributed by atoms with Crippen LogP contribution in [0.25, 0.3) is 0 Å². The van der Waals surface area contributed by atoms with Gasteiger partial charge < -0.3 is 10.6 Å². The number of nitrogens with zero attached hydrogens (tertiary/aromatic N) is 1. The van der Waals surface area contributed by atoms with Crippen molar-refractivity contribution in [1.29, 1.82) is 0 Å². The maximum absolute atomic E-state index is 11.2. The van der Waals surface area contributed by atoms with Crippen LogP contribution in [0.15, 0.2) is 18.2 Å². The Kier molecular flexibility index (Phi) is 1.72. The van der Waals surface area contributed by atoms with E-state index in [2.05, 4.69) is 0 Å². The van der Waals surface area contributed by atoms with Crippen LogP contribution < -0.4 is 10.6 Å². The molecule has 0 aliphatic carbocycles. The molecule has 1 aliphatic rings. The minimum atomic E-state index is 0.164. The lowest BCUT2D eigenvalue weighted by Crippen LogP contribution is -2.43. The van der Waals surface area contributed by atoms with E-state index in [1.165, 1.54) is 0 Å². The fourth-order valence-electron chi connectivity index (χ4n) is 1.46. The molecule has 3 nitrogen and oxygen atoms in total. The molecular weight excluding hydrogens is 164 g/mol. The fourth-order valence-corrected chi connectivity index (χ4v) is 1.46. The van der Waals surface area contributed by atoms with Crippen molar-refractivity contribution in [2.45, 2.75) is 13.3 Å². The Labute approximate surface area is 77.1 Å². The molecule has 2 N–H and O–H groups in total. The number of carbonyl (C=O) groups is 1. The van der Waals surface area contributed by atoms with Crippen molar-refractivity contribution in [1.82, 2.24) is 0 Å². The van der Waals surface area contributed by atoms with Gasteiger partial charge in [-0.15, -0.1) is 0 Å². The third kappa shape index (κ3) is 1.26. The minimum Gasteiger partial charge on any atom is -0.397 e. The van der Waals surface area contributed by atoms with E-state index >= 15 is 0 Å². The lowest BCUT2D eigenvalue weighted by atomic mass is 10.1. The molecule has 2 rings (SSSR count). The Morgan fingerprint density at radius 3 is 2.77 bits per heavy atom. The normalized spacial score (nSPS) is 15.8. The summed E-state index contributed by atoms with van der Waals surface area (Å²) < 4.78 is 0. The highest BCUT2D eigenvalue weighted by Gasteiger charge is 2.26. The molecule has 0 saturated carbocycles. The van der Waals surface area contributed by atoms with E-state index in [0.29, 0.717) is 12.1 Å². The second-order valence-corrected chi connectivity index (χ2v) is 3.36. The minimum absolute atomic E-state index is 0.164. The number of carbonyl (C=O) groups excluding carboxylic acids is 1. The molecule has 1 heterocycles. The van der Waals surface area contributed by atoms with E-state index in [0.717, 1.165) is 17.8 Å². The third-order valence-electron chi connectivity index (χ3n) is 2.33. The van der Waals surface area contributed by atoms with E-state index in [4.69, 9.17) is 5.73 Å². The van der Waals surface area contributed by atoms with Crippen LogP contribution in [0, 0.1) is 6.92 Å². The highest BCUT2D eigenvalue weighted by atomic mass is 16.2. The van der Waals surface area contributed by atoms with Crippen LogP contribution in [0.5, 0.6) is 0 Å². The van der Waals surface area contributed by atoms with Crippen molar-refractivity contribution < 1.29 is 4.79 Å². The molecule has 1 aliphatic heterocycles. The summed E-state index contributed by atoms with van der Waals surface area (Å²) in [7, 11) is 0. The maximum atomic E-state index is 11.2. The van der Waals surface area contributed by atoms with E-state index in [9.17, 15) is 4.79 Å². The van der Waals surface area contributed by atoms with Crippen molar-refractivity contribution in [2.24, 2.45) is 0 Å². The van der Waals surface area contributed by atoms with Gasteiger partial charge in [0.25, 0.3) is 0 Å². The summed E-state index contributed by atoms with van der Waals surface area (Å²) in [5.74, 6) is 0.164. The molecule has 0 spiro atoms. The number of anilines is 2. The van der Waals surface area contributed by atoms with Crippen molar-refractivity contribution in [3.8, 4) is 0 Å². The molecule has 68 valence electrons. The standard InChI is InChI=1S/C10H12N2O/c1-7-2-3-8(11)9(6-7)12-5-4-10(12)13/h2-3,6H,4-5,11H2,1H3. The Morgan fingerprint density at radius 2 is 2.23 bits per heavy atom. The first-order valence-corrected chi connectivity index (χ1v) is 4.35. The van der Waals surface area contributed by atoms with Gasteiger partial charge in [-0.25, -0.2) is 0 Å². The number of hydrogen-bond donors (Lipinski definition) is 1. The van der Waals surface area contributed by atoms with Gasteiger partial charge in [-0.1, -0.05) is 6.07 Å². The first-order valence-electron chi connectivity index (χ1n) is 4.35. The predicted molar refractivity (Wildman–Crippen MR) is 52.6 cm³/mol. The molecule has 3 heteroatoms. The average molecular weight is 176 g/mol. The Balaban J connectivity index is 2.38. The van der Waals surface area contributed by atoms with E-state index < -0.39 is 0 Å². The van der Waals surface area contributed by atoms with Crippen molar-refractivity contribution >= 4 is 17.3 Å². The Bertz CT molecular complexity index is 360. The van der Waals surface area contributed by atoms with Crippen molar-refractivity contribution in [2.75, 3.05) is 17.2 Å². The summed E-state index contributed by atoms with van der Waals surface area (Å²) in [6, 6.07) is 5.74. The van der Waals surface area contributed by atoms with Gasteiger partial charge in [0.15, 0.2) is 0 Å². The lowest BCUT2D eigenvalue weighted by Gasteiger charge is -2.31. The van der Waals surface area contributed by atoms with E-state index in [1.807, 2.05) is 25.1 Å². The summed E-state index contributed by atoms with van der Waals surface area (Å²) >= 11 is 0. The van der Waals surface area contributed by atoms with Crippen molar-refractivity contribution in [3.05, 3.63) is 23.8 Å². The Hall–Kier alpha value is -1.51. The van der Waals surface area contributed by atoms with Crippen LogP contribution in [0.1, 0.15) is 12.0 Å². The van der Waals surface area contributed by atoms with Gasteiger partial charge in [0.1, 0.15) is 0 Å². The number of aryl methyl sites for hydroxylation is 1. The molecular formula is C10H12N2O. The summed E-state index contributed by atoms with van der Waals surface area (Å²) in [4.78, 5) is 12.9. The summed E-state index contributed by atoms with van der Waals surface area (Å²) in [5.41, 5.74) is 8.43. The maximum Gasteiger partial charge on any atom is 0.228 e. The summed E-state index contributed by atoms with van der Waals surface area (Å²) in [6.07, 6.45) is 0.646. The molecule has 0 radical (unpaired) electrons. The second kappa shape index (κ2) is 2.76. The first-order chi connectivity index (χ1) is 6.18. The fraction of sp³-hybridized carbons (Fsp3) is 0.300. The van der Waals surface area contributed by atoms with Gasteiger partial charge in [0.05, 0.1) is 11.4 Å². The lowest BCUT2D eigenvalue weighted by molar-refractivity contribution is -0.122. The van der Waals surface area contributed by atoms with Gasteiger partial charge in [-0.3, -0.25) is 4.79 Å². The molecule has 1 saturated heterocycles. The second-order valence-electron chi connectivity index (χ2n) is 3.36. The van der Waals surface area contributed by atoms with E-state index in [1.54, 1.807) is 4.90 Å². The highest BCUT2D eigenvalue weighted by Crippen LogP contribution is 2.28. The smallest absolute Gasteiger partial charge is 0.228 e. The molecule has 0 aromatic heterocycles. The molecule has 1 fully saturated rings. The van der Waals surface area contributed by atoms with Crippen LogP contribution >= 0.6 is 0 Å². The van der Waals surface area contributed by atoms with Gasteiger partial charge in [-0.2, -0.15) is 0 Å². The van der Waals surface area contributed by atoms with E-state index in [-0.39, 0.29) is 5.91 Å². The third-order valence-corrected chi connectivity index (χ3v) is 2.33. The molecule has 0 bridgehead atoms. The number of nitrogen functional groups attached to an aromatic ring is 1. The molecule has 0 atom stereocenters. The largest absolute Gasteiger partial charge is 0.397 e. The molecule has 0 unspecified atom stereocenters. The number of hydrogen-bond acceptors (Lipinski definition) is 2. The molecule has 13 heavy (non-hydrogen) atoms. The van der Waals surface area contributed by atoms with Crippen LogP contribution in [0.4, 0.5) is 11.4 Å². The van der Waals surface area contributed by atoms with Gasteiger partial charge in [-0.05, 0) is 24.6 Å². The van der Waals surface area contributed by atoms with Crippen LogP contribution in [0.3, 0.4) is 0 Å². The number of β-lactam (4-membered cyclic amide) rings is 1. The van der Waals surface area contributed by atoms with Crippen LogP contribution in [0.2, 0.25) is 0 Å². The summed E-state index contributed by atoms with van der Waals surface area (Å²) in [5, 5.41) is 0. The highest BCUT2D eigenvalue weighted by molar-refractivity contribution is 6.01. The zero-order valence-electron chi connectivity index (χ0n) is 7.58. The predicted octanol–water partition coefficient (Wildman–Crippen LogP) is 1.31.